The predicted octanol–water partition coefficient (Wildman–Crippen LogP) is 2.65. The fourth-order valence-electron chi connectivity index (χ4n) is 1.09. The summed E-state index contributed by atoms with van der Waals surface area (Å²) in [6.45, 7) is 4.00. The number of nitrogen functional groups attached to an aromatic ring is 1. The highest BCUT2D eigenvalue weighted by Gasteiger charge is 1.95. The molecule has 76 valence electrons. The first-order valence-electron chi connectivity index (χ1n) is 4.55. The molecular formula is C11H15NO2. The Hall–Kier alpha value is -1.77. The smallest absolute Gasteiger partial charge is 0.336 e. The van der Waals surface area contributed by atoms with Gasteiger partial charge in [-0.2, -0.15) is 0 Å². The van der Waals surface area contributed by atoms with Crippen LogP contribution in [-0.4, -0.2) is 0 Å². The predicted molar refractivity (Wildman–Crippen MR) is 60.4 cm³/mol. The largest absolute Gasteiger partial charge is 0.423 e. The van der Waals surface area contributed by atoms with Gasteiger partial charge in [-0.25, -0.2) is 4.79 Å². The van der Waals surface area contributed by atoms with Gasteiger partial charge in [0.15, 0.2) is 0 Å². The van der Waals surface area contributed by atoms with Crippen molar-refractivity contribution in [1.29, 1.82) is 0 Å². The van der Waals surface area contributed by atoms with Crippen molar-refractivity contribution in [3.63, 3.8) is 0 Å². The summed E-state index contributed by atoms with van der Waals surface area (Å²) in [5.74, 6) is 0. The number of fused-ring (bicyclic) bond motifs is 1. The minimum absolute atomic E-state index is 0. The lowest BCUT2D eigenvalue weighted by Gasteiger charge is -1.95. The third kappa shape index (κ3) is 2.13. The first-order chi connectivity index (χ1) is 6.75. The van der Waals surface area contributed by atoms with Gasteiger partial charge in [0.1, 0.15) is 5.58 Å². The molecule has 3 heteroatoms. The minimum atomic E-state index is -0.340. The van der Waals surface area contributed by atoms with Crippen molar-refractivity contribution in [3.05, 3.63) is 40.8 Å². The normalized spacial score (nSPS) is 9.29. The molecular weight excluding hydrogens is 178 g/mol. The average Bonchev–Trinajstić information content (AvgIpc) is 2.21. The van der Waals surface area contributed by atoms with Crippen LogP contribution < -0.4 is 11.4 Å². The van der Waals surface area contributed by atoms with Gasteiger partial charge in [0.05, 0.1) is 0 Å². The van der Waals surface area contributed by atoms with Crippen LogP contribution in [0.1, 0.15) is 15.3 Å². The van der Waals surface area contributed by atoms with Crippen molar-refractivity contribution < 1.29 is 5.84 Å². The number of nitrogens with two attached hydrogens (primary N) is 1. The Morgan fingerprint density at radius 3 is 2.64 bits per heavy atom. The van der Waals surface area contributed by atoms with Crippen molar-refractivity contribution in [2.45, 2.75) is 13.8 Å². The van der Waals surface area contributed by atoms with Crippen molar-refractivity contribution >= 4 is 16.7 Å². The molecule has 0 atom stereocenters. The van der Waals surface area contributed by atoms with Gasteiger partial charge < -0.3 is 10.2 Å². The molecule has 14 heavy (non-hydrogen) atoms. The summed E-state index contributed by atoms with van der Waals surface area (Å²) in [5, 5.41) is 0.842. The van der Waals surface area contributed by atoms with Gasteiger partial charge in [-0.15, -0.1) is 0 Å². The van der Waals surface area contributed by atoms with E-state index in [1.165, 1.54) is 6.07 Å². The zero-order chi connectivity index (χ0) is 10.6. The summed E-state index contributed by atoms with van der Waals surface area (Å²) in [6, 6.07) is 8.22. The monoisotopic (exact) mass is 193 g/mol. The minimum Gasteiger partial charge on any atom is -0.423 e. The fourth-order valence-corrected chi connectivity index (χ4v) is 1.09. The molecule has 0 fully saturated rings. The van der Waals surface area contributed by atoms with Crippen molar-refractivity contribution in [2.75, 3.05) is 5.73 Å². The Balaban J connectivity index is 0.000000617. The Labute approximate surface area is 83.6 Å². The molecule has 2 rings (SSSR count). The molecule has 0 bridgehead atoms. The number of anilines is 1. The molecule has 3 nitrogen and oxygen atoms in total. The van der Waals surface area contributed by atoms with Gasteiger partial charge in [-0.3, -0.25) is 0 Å². The standard InChI is InChI=1S/C9H7NO2.C2H6.H2/c10-7-2-3-8-6(5-7)1-4-9(11)12-8;1-2;/h1-5H,10H2;1-2H3;1H. The lowest BCUT2D eigenvalue weighted by Crippen LogP contribution is -1.94. The highest BCUT2D eigenvalue weighted by atomic mass is 16.4. The van der Waals surface area contributed by atoms with E-state index in [0.717, 1.165) is 5.39 Å². The van der Waals surface area contributed by atoms with Gasteiger partial charge in [-0.05, 0) is 24.3 Å². The van der Waals surface area contributed by atoms with Crippen molar-refractivity contribution in [3.8, 4) is 0 Å². The lowest BCUT2D eigenvalue weighted by molar-refractivity contribution is 0.561. The molecule has 0 spiro atoms. The maximum atomic E-state index is 10.8. The summed E-state index contributed by atoms with van der Waals surface area (Å²) >= 11 is 0. The van der Waals surface area contributed by atoms with Crippen LogP contribution in [0, 0.1) is 0 Å². The second-order valence-corrected chi connectivity index (χ2v) is 2.55. The highest BCUT2D eigenvalue weighted by Crippen LogP contribution is 2.14. The first kappa shape index (κ1) is 10.3. The molecule has 0 saturated carbocycles. The van der Waals surface area contributed by atoms with Crippen molar-refractivity contribution in [1.82, 2.24) is 0 Å². The van der Waals surface area contributed by atoms with E-state index in [2.05, 4.69) is 0 Å². The highest BCUT2D eigenvalue weighted by molar-refractivity contribution is 5.79. The molecule has 2 aromatic rings. The maximum absolute atomic E-state index is 10.8. The van der Waals surface area contributed by atoms with Gasteiger partial charge in [0.25, 0.3) is 0 Å². The third-order valence-electron chi connectivity index (χ3n) is 1.64. The molecule has 0 aliphatic carbocycles. The van der Waals surface area contributed by atoms with Crippen LogP contribution in [-0.2, 0) is 0 Å². The second-order valence-electron chi connectivity index (χ2n) is 2.55. The van der Waals surface area contributed by atoms with Gasteiger partial charge >= 0.3 is 5.63 Å². The molecule has 0 amide bonds. The third-order valence-corrected chi connectivity index (χ3v) is 1.64. The van der Waals surface area contributed by atoms with E-state index < -0.39 is 0 Å². The Morgan fingerprint density at radius 2 is 1.93 bits per heavy atom. The number of benzene rings is 1. The Kier molecular flexibility index (Phi) is 3.29. The zero-order valence-corrected chi connectivity index (χ0v) is 8.28. The van der Waals surface area contributed by atoms with Crippen LogP contribution in [0.4, 0.5) is 5.69 Å². The molecule has 0 aliphatic heterocycles. The molecule has 0 aliphatic rings. The Bertz CT molecular complexity index is 479. The molecule has 0 saturated heterocycles. The zero-order valence-electron chi connectivity index (χ0n) is 8.28. The van der Waals surface area contributed by atoms with E-state index in [1.54, 1.807) is 24.3 Å². The van der Waals surface area contributed by atoms with Crippen LogP contribution in [0.15, 0.2) is 39.5 Å². The average molecular weight is 193 g/mol. The number of hydrogen-bond donors (Lipinski definition) is 1. The molecule has 1 aromatic carbocycles. The molecule has 1 aromatic heterocycles. The van der Waals surface area contributed by atoms with E-state index in [9.17, 15) is 4.79 Å². The number of hydrogen-bond acceptors (Lipinski definition) is 3. The fraction of sp³-hybridized carbons (Fsp3) is 0.182. The van der Waals surface area contributed by atoms with Crippen molar-refractivity contribution in [2.24, 2.45) is 0 Å². The van der Waals surface area contributed by atoms with Crippen LogP contribution in [0.3, 0.4) is 0 Å². The van der Waals surface area contributed by atoms with Crippen LogP contribution >= 0.6 is 0 Å². The van der Waals surface area contributed by atoms with E-state index in [4.69, 9.17) is 10.2 Å². The Morgan fingerprint density at radius 1 is 1.21 bits per heavy atom. The first-order valence-corrected chi connectivity index (χ1v) is 4.55. The van der Waals surface area contributed by atoms with E-state index in [1.807, 2.05) is 13.8 Å². The van der Waals surface area contributed by atoms with Crippen LogP contribution in [0.2, 0.25) is 0 Å². The van der Waals surface area contributed by atoms with Gasteiger partial charge in [0.2, 0.25) is 0 Å². The molecule has 0 radical (unpaired) electrons. The summed E-state index contributed by atoms with van der Waals surface area (Å²) < 4.78 is 4.91. The van der Waals surface area contributed by atoms with E-state index in [-0.39, 0.29) is 7.05 Å². The molecule has 0 unspecified atom stereocenters. The molecule has 1 heterocycles. The molecule has 2 N–H and O–H groups in total. The summed E-state index contributed by atoms with van der Waals surface area (Å²) in [6.07, 6.45) is 0. The maximum Gasteiger partial charge on any atom is 0.336 e. The van der Waals surface area contributed by atoms with Gasteiger partial charge in [-0.1, -0.05) is 13.8 Å². The van der Waals surface area contributed by atoms with Crippen LogP contribution in [0.25, 0.3) is 11.0 Å². The summed E-state index contributed by atoms with van der Waals surface area (Å²) in [5.41, 5.74) is 6.43. The second kappa shape index (κ2) is 4.46. The quantitative estimate of drug-likeness (QED) is 0.517. The van der Waals surface area contributed by atoms with E-state index in [0.29, 0.717) is 11.3 Å². The number of rotatable bonds is 0. The lowest BCUT2D eigenvalue weighted by atomic mass is 10.2. The topological polar surface area (TPSA) is 56.2 Å². The summed E-state index contributed by atoms with van der Waals surface area (Å²) in [4.78, 5) is 10.8. The SMILES string of the molecule is CC.Nc1ccc2oc(=O)ccc2c1.[HH]. The van der Waals surface area contributed by atoms with Crippen LogP contribution in [0.5, 0.6) is 0 Å². The van der Waals surface area contributed by atoms with Gasteiger partial charge in [0, 0.05) is 18.6 Å². The van der Waals surface area contributed by atoms with E-state index >= 15 is 0 Å². The summed E-state index contributed by atoms with van der Waals surface area (Å²) in [7, 11) is 0.